The van der Waals surface area contributed by atoms with Gasteiger partial charge in [-0.25, -0.2) is 0 Å². The van der Waals surface area contributed by atoms with Crippen LogP contribution < -0.4 is 14.5 Å². The summed E-state index contributed by atoms with van der Waals surface area (Å²) < 4.78 is 4.71. The summed E-state index contributed by atoms with van der Waals surface area (Å²) in [4.78, 5) is 49.4. The predicted molar refractivity (Wildman–Crippen MR) is 194 cm³/mol. The molecule has 3 heterocycles. The molecule has 3 saturated heterocycles. The van der Waals surface area contributed by atoms with Crippen molar-refractivity contribution in [2.24, 2.45) is 17.8 Å². The number of carbonyl (C=O) groups is 3. The molecule has 0 radical (unpaired) electrons. The number of anilines is 2. The molecular formula is C36H43BrClN3O5S. The molecule has 0 aromatic heterocycles. The van der Waals surface area contributed by atoms with Crippen molar-refractivity contribution < 1.29 is 24.2 Å². The largest absolute Gasteiger partial charge is 0.494 e. The number of rotatable bonds is 14. The van der Waals surface area contributed by atoms with Crippen molar-refractivity contribution in [1.29, 1.82) is 0 Å². The second kappa shape index (κ2) is 14.8. The zero-order chi connectivity index (χ0) is 34.0. The van der Waals surface area contributed by atoms with E-state index in [1.54, 1.807) is 56.8 Å². The van der Waals surface area contributed by atoms with Gasteiger partial charge < -0.3 is 24.5 Å². The number of amides is 3. The molecule has 5 rings (SSSR count). The highest BCUT2D eigenvalue weighted by molar-refractivity contribution is 9.09. The quantitative estimate of drug-likeness (QED) is 0.179. The van der Waals surface area contributed by atoms with Crippen LogP contribution in [0.4, 0.5) is 11.4 Å². The number of thioether (sulfide) groups is 1. The van der Waals surface area contributed by atoms with Gasteiger partial charge in [-0.1, -0.05) is 65.7 Å². The molecule has 3 fully saturated rings. The fraction of sp³-hybridized carbons (Fsp3) is 0.472. The van der Waals surface area contributed by atoms with E-state index in [0.717, 1.165) is 0 Å². The van der Waals surface area contributed by atoms with Gasteiger partial charge in [-0.3, -0.25) is 14.4 Å². The molecule has 2 bridgehead atoms. The number of alkyl halides is 1. The number of aliphatic hydroxyl groups is 1. The topological polar surface area (TPSA) is 90.4 Å². The summed E-state index contributed by atoms with van der Waals surface area (Å²) in [6, 6.07) is 12.9. The Morgan fingerprint density at radius 3 is 2.38 bits per heavy atom. The van der Waals surface area contributed by atoms with Gasteiger partial charge in [0.25, 0.3) is 5.91 Å². The van der Waals surface area contributed by atoms with E-state index >= 15 is 0 Å². The molecule has 252 valence electrons. The van der Waals surface area contributed by atoms with Crippen molar-refractivity contribution in [2.45, 2.75) is 60.5 Å². The van der Waals surface area contributed by atoms with Crippen LogP contribution in [0.5, 0.6) is 5.75 Å². The molecule has 1 spiro atoms. The van der Waals surface area contributed by atoms with Gasteiger partial charge in [0.1, 0.15) is 11.8 Å². The van der Waals surface area contributed by atoms with Gasteiger partial charge in [0, 0.05) is 28.9 Å². The average molecular weight is 745 g/mol. The van der Waals surface area contributed by atoms with Crippen molar-refractivity contribution in [3.05, 3.63) is 78.9 Å². The number of aliphatic hydroxyl groups excluding tert-OH is 1. The normalized spacial score (nSPS) is 26.7. The van der Waals surface area contributed by atoms with Crippen LogP contribution >= 0.6 is 39.3 Å². The van der Waals surface area contributed by atoms with Crippen LogP contribution in [0.3, 0.4) is 0 Å². The van der Waals surface area contributed by atoms with Crippen molar-refractivity contribution in [1.82, 2.24) is 4.90 Å². The smallest absolute Gasteiger partial charge is 0.251 e. The minimum atomic E-state index is -0.932. The molecule has 8 nitrogen and oxygen atoms in total. The second-order valence-electron chi connectivity index (χ2n) is 12.7. The summed E-state index contributed by atoms with van der Waals surface area (Å²) in [5.41, 5.74) is 1.19. The van der Waals surface area contributed by atoms with E-state index in [4.69, 9.17) is 16.3 Å². The maximum Gasteiger partial charge on any atom is 0.251 e. The van der Waals surface area contributed by atoms with Crippen LogP contribution in [0, 0.1) is 17.8 Å². The van der Waals surface area contributed by atoms with Crippen LogP contribution in [-0.4, -0.2) is 80.9 Å². The number of likely N-dealkylation sites (tertiary alicyclic amines) is 1. The molecule has 1 N–H and O–H groups in total. The molecule has 7 atom stereocenters. The fourth-order valence-electron chi connectivity index (χ4n) is 7.62. The monoisotopic (exact) mass is 743 g/mol. The molecule has 0 saturated carbocycles. The summed E-state index contributed by atoms with van der Waals surface area (Å²) in [6.45, 7) is 14.4. The summed E-state index contributed by atoms with van der Waals surface area (Å²) in [7, 11) is 0. The van der Waals surface area contributed by atoms with Crippen LogP contribution in [0.15, 0.2) is 73.8 Å². The van der Waals surface area contributed by atoms with Gasteiger partial charge >= 0.3 is 0 Å². The molecule has 47 heavy (non-hydrogen) atoms. The Hall–Kier alpha value is -2.79. The molecule has 3 amide bonds. The van der Waals surface area contributed by atoms with Crippen LogP contribution in [0.25, 0.3) is 0 Å². The summed E-state index contributed by atoms with van der Waals surface area (Å²) >= 11 is 12.1. The molecule has 11 heteroatoms. The SMILES string of the molecule is C=CCN(C(=O)[C@H]1[C@@H]2SC3(CC2Br)C(C(=O)N(CC=C)c2ccccc2Cl)N([C@@H](CO)CC(C)C)C(=O)[C@H]13)c1ccc(OCC)cc1. The fourth-order valence-corrected chi connectivity index (χ4v) is 11.4. The zero-order valence-corrected chi connectivity index (χ0v) is 30.2. The molecule has 3 aliphatic rings. The number of nitrogens with zero attached hydrogens (tertiary/aromatic N) is 3. The van der Waals surface area contributed by atoms with E-state index in [0.29, 0.717) is 41.6 Å². The first kappa shape index (κ1) is 35.5. The standard InChI is InChI=1S/C36H43BrClN3O5S/c1-6-17-39(23-13-15-25(16-14-23)46-8-3)33(43)29-30-34(44)41(24(21-42)19-22(4)5)32(36(30)20-26(37)31(29)47-36)35(45)40(18-7-2)28-12-10-9-11-27(28)38/h6-7,9-16,22,24,26,29-32,42H,1-2,8,17-21H2,3-5H3/t24-,26?,29-,30+,31-,32?,36?/m1/s1. The predicted octanol–water partition coefficient (Wildman–Crippen LogP) is 6.35. The molecular weight excluding hydrogens is 702 g/mol. The van der Waals surface area contributed by atoms with E-state index in [1.165, 1.54) is 0 Å². The lowest BCUT2D eigenvalue weighted by molar-refractivity contribution is -0.142. The van der Waals surface area contributed by atoms with E-state index < -0.39 is 28.7 Å². The van der Waals surface area contributed by atoms with Crippen molar-refractivity contribution >= 4 is 68.4 Å². The second-order valence-corrected chi connectivity index (χ2v) is 15.9. The first-order chi connectivity index (χ1) is 22.5. The maximum absolute atomic E-state index is 15.0. The first-order valence-corrected chi connectivity index (χ1v) is 18.3. The third-order valence-electron chi connectivity index (χ3n) is 9.35. The van der Waals surface area contributed by atoms with Gasteiger partial charge in [0.05, 0.1) is 46.5 Å². The number of benzene rings is 2. The molecule has 3 unspecified atom stereocenters. The maximum atomic E-state index is 15.0. The van der Waals surface area contributed by atoms with Crippen LogP contribution in [-0.2, 0) is 14.4 Å². The van der Waals surface area contributed by atoms with Crippen molar-refractivity contribution in [3.63, 3.8) is 0 Å². The Balaban J connectivity index is 1.62. The highest BCUT2D eigenvalue weighted by Gasteiger charge is 2.76. The minimum Gasteiger partial charge on any atom is -0.494 e. The van der Waals surface area contributed by atoms with Crippen LogP contribution in [0.1, 0.15) is 33.6 Å². The van der Waals surface area contributed by atoms with Crippen molar-refractivity contribution in [2.75, 3.05) is 36.1 Å². The number of hydrogen-bond acceptors (Lipinski definition) is 6. The first-order valence-electron chi connectivity index (χ1n) is 16.1. The van der Waals surface area contributed by atoms with Gasteiger partial charge in [-0.15, -0.1) is 24.9 Å². The Kier molecular flexibility index (Phi) is 11.2. The lowest BCUT2D eigenvalue weighted by Gasteiger charge is -2.40. The van der Waals surface area contributed by atoms with E-state index in [1.807, 2.05) is 51.1 Å². The van der Waals surface area contributed by atoms with Gasteiger partial charge in [0.15, 0.2) is 0 Å². The number of hydrogen-bond donors (Lipinski definition) is 1. The zero-order valence-electron chi connectivity index (χ0n) is 27.1. The Labute approximate surface area is 295 Å². The van der Waals surface area contributed by atoms with Gasteiger partial charge in [0.2, 0.25) is 11.8 Å². The Morgan fingerprint density at radius 2 is 1.79 bits per heavy atom. The lowest BCUT2D eigenvalue weighted by Crippen LogP contribution is -2.58. The molecule has 0 aliphatic carbocycles. The van der Waals surface area contributed by atoms with Crippen molar-refractivity contribution in [3.8, 4) is 5.75 Å². The third kappa shape index (κ3) is 6.38. The number of fused-ring (bicyclic) bond motifs is 1. The lowest BCUT2D eigenvalue weighted by atomic mass is 9.70. The van der Waals surface area contributed by atoms with Gasteiger partial charge in [-0.05, 0) is 62.1 Å². The highest BCUT2D eigenvalue weighted by atomic mass is 79.9. The van der Waals surface area contributed by atoms with E-state index in [9.17, 15) is 19.5 Å². The number of carbonyl (C=O) groups excluding carboxylic acids is 3. The molecule has 2 aromatic carbocycles. The van der Waals surface area contributed by atoms with E-state index in [2.05, 4.69) is 29.1 Å². The van der Waals surface area contributed by atoms with Gasteiger partial charge in [-0.2, -0.15) is 0 Å². The number of halogens is 2. The minimum absolute atomic E-state index is 0.113. The van der Waals surface area contributed by atoms with E-state index in [-0.39, 0.29) is 53.4 Å². The Bertz CT molecular complexity index is 1510. The molecule has 2 aromatic rings. The summed E-state index contributed by atoms with van der Waals surface area (Å²) in [5, 5.41) is 10.9. The third-order valence-corrected chi connectivity index (χ3v) is 12.9. The average Bonchev–Trinajstić information content (AvgIpc) is 3.65. The number of para-hydroxylation sites is 1. The number of ether oxygens (including phenoxy) is 1. The Morgan fingerprint density at radius 1 is 1.13 bits per heavy atom. The molecule has 3 aliphatic heterocycles. The van der Waals surface area contributed by atoms with Crippen LogP contribution in [0.2, 0.25) is 5.02 Å². The highest BCUT2D eigenvalue weighted by Crippen LogP contribution is 2.68. The summed E-state index contributed by atoms with van der Waals surface area (Å²) in [5.74, 6) is -1.38. The summed E-state index contributed by atoms with van der Waals surface area (Å²) in [6.07, 6.45) is 4.33.